The summed E-state index contributed by atoms with van der Waals surface area (Å²) in [5.74, 6) is 0.759. The monoisotopic (exact) mass is 468 g/mol. The first-order valence-electron chi connectivity index (χ1n) is 10.4. The van der Waals surface area contributed by atoms with Crippen molar-refractivity contribution in [2.45, 2.75) is 58.7 Å². The number of nitrogens with zero attached hydrogens (tertiary/aromatic N) is 4. The highest BCUT2D eigenvalue weighted by Crippen LogP contribution is 2.50. The summed E-state index contributed by atoms with van der Waals surface area (Å²) in [7, 11) is -1.65. The molecule has 0 aromatic carbocycles. The summed E-state index contributed by atoms with van der Waals surface area (Å²) in [5, 5.41) is 6.86. The van der Waals surface area contributed by atoms with Crippen molar-refractivity contribution in [3.05, 3.63) is 29.9 Å². The van der Waals surface area contributed by atoms with Crippen LogP contribution in [-0.2, 0) is 29.8 Å². The number of nitrogens with one attached hydrogen (secondary N) is 1. The minimum atomic E-state index is -3.35. The highest BCUT2D eigenvalue weighted by molar-refractivity contribution is 7.56. The van der Waals surface area contributed by atoms with E-state index in [1.54, 1.807) is 33.2 Å². The molecule has 0 spiro atoms. The quantitative estimate of drug-likeness (QED) is 0.287. The molecule has 3 N–H and O–H groups in total. The Kier molecular flexibility index (Phi) is 9.33. The van der Waals surface area contributed by atoms with Gasteiger partial charge in [0.05, 0.1) is 30.2 Å². The molecule has 1 unspecified atom stereocenters. The maximum atomic E-state index is 13.0. The fraction of sp³-hybridized carbons (Fsp3) is 0.600. The molecule has 12 heteroatoms. The maximum Gasteiger partial charge on any atom is 0.342 e. The Balaban J connectivity index is 0.000000654. The van der Waals surface area contributed by atoms with Gasteiger partial charge in [-0.25, -0.2) is 15.1 Å². The minimum Gasteiger partial charge on any atom is -0.436 e. The molecule has 2 aromatic rings. The number of aldehydes is 1. The first-order chi connectivity index (χ1) is 15.2. The van der Waals surface area contributed by atoms with Crippen LogP contribution in [-0.4, -0.2) is 57.6 Å². The molecule has 2 aromatic heterocycles. The van der Waals surface area contributed by atoms with Gasteiger partial charge in [0.25, 0.3) is 0 Å². The molecule has 0 radical (unpaired) electrons. The van der Waals surface area contributed by atoms with Crippen molar-refractivity contribution >= 4 is 25.4 Å². The Morgan fingerprint density at radius 1 is 1.41 bits per heavy atom. The molecular formula is C20H33N6O5P. The van der Waals surface area contributed by atoms with Gasteiger partial charge in [-0.2, -0.15) is 9.61 Å². The first kappa shape index (κ1) is 25.9. The standard InChI is InChI=1S/C16H23N6O4P.C4H10O/c1-3-12(2)26-27(24,21-6-7-23)11-25-16(4-5-16)8-13-9-20-22-14(13)18-10-19-15(22)17;1-4(2)5-3/h3,7,9-10H,4-6,8,11H2,1-2H3,(H,21,24)(H2,17,18,19);4H,1-3H3/b12-3+;. The van der Waals surface area contributed by atoms with Crippen molar-refractivity contribution in [1.29, 1.82) is 0 Å². The fourth-order valence-electron chi connectivity index (χ4n) is 2.65. The van der Waals surface area contributed by atoms with Crippen molar-refractivity contribution in [1.82, 2.24) is 24.7 Å². The average Bonchev–Trinajstić information content (AvgIpc) is 3.42. The Hall–Kier alpha value is -2.33. The summed E-state index contributed by atoms with van der Waals surface area (Å²) >= 11 is 0. The highest BCUT2D eigenvalue weighted by Gasteiger charge is 2.46. The molecule has 1 fully saturated rings. The van der Waals surface area contributed by atoms with Crippen LogP contribution in [0.1, 0.15) is 46.1 Å². The molecule has 1 aliphatic carbocycles. The van der Waals surface area contributed by atoms with E-state index in [4.69, 9.17) is 19.7 Å². The summed E-state index contributed by atoms with van der Waals surface area (Å²) in [6, 6.07) is 0. The van der Waals surface area contributed by atoms with Gasteiger partial charge >= 0.3 is 7.52 Å². The van der Waals surface area contributed by atoms with E-state index in [2.05, 4.69) is 20.2 Å². The van der Waals surface area contributed by atoms with Crippen molar-refractivity contribution in [2.75, 3.05) is 25.7 Å². The Morgan fingerprint density at radius 3 is 2.66 bits per heavy atom. The number of hydrogen-bond acceptors (Lipinski definition) is 9. The first-order valence-corrected chi connectivity index (χ1v) is 12.2. The van der Waals surface area contributed by atoms with Crippen LogP contribution in [0.3, 0.4) is 0 Å². The number of methoxy groups -OCH3 is 1. The number of carbonyl (C=O) groups is 1. The summed E-state index contributed by atoms with van der Waals surface area (Å²) < 4.78 is 30.7. The molecule has 1 atom stereocenters. The van der Waals surface area contributed by atoms with Gasteiger partial charge in [0.15, 0.2) is 5.65 Å². The van der Waals surface area contributed by atoms with Crippen LogP contribution in [0, 0.1) is 0 Å². The van der Waals surface area contributed by atoms with E-state index in [1.807, 2.05) is 13.8 Å². The summed E-state index contributed by atoms with van der Waals surface area (Å²) in [6.07, 6.45) is 7.86. The molecule has 0 aliphatic heterocycles. The fourth-order valence-corrected chi connectivity index (χ4v) is 4.23. The lowest BCUT2D eigenvalue weighted by molar-refractivity contribution is -0.107. The van der Waals surface area contributed by atoms with E-state index in [0.717, 1.165) is 18.4 Å². The summed E-state index contributed by atoms with van der Waals surface area (Å²) in [4.78, 5) is 18.8. The average molecular weight is 468 g/mol. The third-order valence-corrected chi connectivity index (χ3v) is 6.57. The number of nitrogens with two attached hydrogens (primary N) is 1. The molecule has 1 aliphatic rings. The van der Waals surface area contributed by atoms with Crippen molar-refractivity contribution in [3.8, 4) is 0 Å². The number of anilines is 1. The van der Waals surface area contributed by atoms with Crippen molar-refractivity contribution < 1.29 is 23.4 Å². The smallest absolute Gasteiger partial charge is 0.342 e. The van der Waals surface area contributed by atoms with Gasteiger partial charge in [0.2, 0.25) is 5.95 Å². The molecule has 1 saturated carbocycles. The van der Waals surface area contributed by atoms with Crippen LogP contribution in [0.2, 0.25) is 0 Å². The lowest BCUT2D eigenvalue weighted by atomic mass is 10.1. The normalized spacial score (nSPS) is 16.9. The van der Waals surface area contributed by atoms with Gasteiger partial charge in [-0.15, -0.1) is 0 Å². The van der Waals surface area contributed by atoms with Gasteiger partial charge < -0.3 is 24.5 Å². The zero-order chi connectivity index (χ0) is 23.8. The predicted octanol–water partition coefficient (Wildman–Crippen LogP) is 2.72. The van der Waals surface area contributed by atoms with Crippen molar-refractivity contribution in [3.63, 3.8) is 0 Å². The number of fused-ring (bicyclic) bond motifs is 1. The third-order valence-electron chi connectivity index (χ3n) is 4.85. The van der Waals surface area contributed by atoms with E-state index >= 15 is 0 Å². The molecule has 11 nitrogen and oxygen atoms in total. The number of nitrogen functional groups attached to an aromatic ring is 1. The van der Waals surface area contributed by atoms with Crippen LogP contribution < -0.4 is 10.8 Å². The Morgan fingerprint density at radius 2 is 2.09 bits per heavy atom. The molecule has 2 heterocycles. The Bertz CT molecular complexity index is 973. The lowest BCUT2D eigenvalue weighted by Crippen LogP contribution is -2.24. The summed E-state index contributed by atoms with van der Waals surface area (Å²) in [5.41, 5.74) is 6.85. The number of rotatable bonds is 11. The number of allylic oxidation sites excluding steroid dienone is 2. The zero-order valence-corrected chi connectivity index (χ0v) is 20.2. The van der Waals surface area contributed by atoms with Gasteiger partial charge in [-0.3, -0.25) is 4.57 Å². The van der Waals surface area contributed by atoms with E-state index < -0.39 is 13.1 Å². The minimum absolute atomic E-state index is 0.0745. The molecule has 0 bridgehead atoms. The molecular weight excluding hydrogens is 435 g/mol. The van der Waals surface area contributed by atoms with Crippen LogP contribution in [0.15, 0.2) is 24.4 Å². The second-order valence-electron chi connectivity index (χ2n) is 7.75. The highest BCUT2D eigenvalue weighted by atomic mass is 31.2. The van der Waals surface area contributed by atoms with Gasteiger partial charge in [0, 0.05) is 19.1 Å². The maximum absolute atomic E-state index is 13.0. The van der Waals surface area contributed by atoms with E-state index in [-0.39, 0.29) is 18.8 Å². The second-order valence-corrected chi connectivity index (χ2v) is 9.85. The molecule has 0 saturated heterocycles. The second kappa shape index (κ2) is 11.5. The van der Waals surface area contributed by atoms with Crippen molar-refractivity contribution in [2.24, 2.45) is 0 Å². The van der Waals surface area contributed by atoms with Crippen LogP contribution in [0.5, 0.6) is 0 Å². The van der Waals surface area contributed by atoms with Crippen LogP contribution >= 0.6 is 7.52 Å². The summed E-state index contributed by atoms with van der Waals surface area (Å²) in [6.45, 7) is 7.40. The molecule has 32 heavy (non-hydrogen) atoms. The SMILES string of the molecule is C/C=C(\C)OP(=O)(COC1(Cc2cnn3c(N)ncnc23)CC1)NCC=O.COC(C)C. The zero-order valence-electron chi connectivity index (χ0n) is 19.3. The van der Waals surface area contributed by atoms with Gasteiger partial charge in [-0.1, -0.05) is 0 Å². The predicted molar refractivity (Wildman–Crippen MR) is 121 cm³/mol. The number of hydrogen-bond donors (Lipinski definition) is 2. The largest absolute Gasteiger partial charge is 0.436 e. The molecule has 3 rings (SSSR count). The Labute approximate surface area is 188 Å². The van der Waals surface area contributed by atoms with Crippen LogP contribution in [0.4, 0.5) is 5.95 Å². The van der Waals surface area contributed by atoms with E-state index in [1.165, 1.54) is 10.8 Å². The number of aromatic nitrogens is 4. The van der Waals surface area contributed by atoms with Gasteiger partial charge in [0.1, 0.15) is 19.0 Å². The van der Waals surface area contributed by atoms with Crippen LogP contribution in [0.25, 0.3) is 5.65 Å². The number of carbonyl (C=O) groups excluding carboxylic acids is 1. The molecule has 178 valence electrons. The molecule has 0 amide bonds. The van der Waals surface area contributed by atoms with E-state index in [9.17, 15) is 9.36 Å². The topological polar surface area (TPSA) is 143 Å². The third kappa shape index (κ3) is 7.37. The van der Waals surface area contributed by atoms with Gasteiger partial charge in [-0.05, 0) is 46.6 Å². The van der Waals surface area contributed by atoms with E-state index in [0.29, 0.717) is 30.2 Å². The lowest BCUT2D eigenvalue weighted by Gasteiger charge is -2.23. The number of ether oxygens (including phenoxy) is 2.